The highest BCUT2D eigenvalue weighted by molar-refractivity contribution is 6.11. The standard InChI is InChI=1S/C18H19N3O/c1-21(2)18(22)16-11-7-3-4-8-12(11)17(20)15(16)13-9-5-6-10-14(13)19/h3-10,16H,19-20H2,1-2H3. The van der Waals surface area contributed by atoms with Crippen LogP contribution >= 0.6 is 0 Å². The van der Waals surface area contributed by atoms with Crippen LogP contribution in [0.5, 0.6) is 0 Å². The maximum atomic E-state index is 12.7. The van der Waals surface area contributed by atoms with Gasteiger partial charge in [0.1, 0.15) is 0 Å². The highest BCUT2D eigenvalue weighted by atomic mass is 16.2. The molecule has 22 heavy (non-hydrogen) atoms. The summed E-state index contributed by atoms with van der Waals surface area (Å²) in [5.74, 6) is -0.401. The van der Waals surface area contributed by atoms with Gasteiger partial charge in [0.25, 0.3) is 0 Å². The monoisotopic (exact) mass is 293 g/mol. The first-order valence-corrected chi connectivity index (χ1v) is 7.17. The van der Waals surface area contributed by atoms with Crippen LogP contribution in [-0.2, 0) is 4.79 Å². The van der Waals surface area contributed by atoms with Gasteiger partial charge in [-0.25, -0.2) is 0 Å². The molecule has 0 bridgehead atoms. The van der Waals surface area contributed by atoms with Crippen molar-refractivity contribution in [1.29, 1.82) is 0 Å². The molecule has 2 aromatic carbocycles. The minimum absolute atomic E-state index is 0.00570. The number of anilines is 1. The fourth-order valence-corrected chi connectivity index (χ4v) is 3.01. The Bertz CT molecular complexity index is 777. The zero-order chi connectivity index (χ0) is 15.9. The third kappa shape index (κ3) is 2.04. The van der Waals surface area contributed by atoms with Gasteiger partial charge in [0.05, 0.1) is 5.92 Å². The fourth-order valence-electron chi connectivity index (χ4n) is 3.01. The molecule has 0 saturated carbocycles. The molecule has 0 radical (unpaired) electrons. The molecule has 0 spiro atoms. The highest BCUT2D eigenvalue weighted by Gasteiger charge is 2.37. The van der Waals surface area contributed by atoms with E-state index in [9.17, 15) is 4.79 Å². The Morgan fingerprint density at radius 2 is 1.55 bits per heavy atom. The number of likely N-dealkylation sites (N-methyl/N-ethyl adjacent to an activating group) is 1. The van der Waals surface area contributed by atoms with Gasteiger partial charge < -0.3 is 16.4 Å². The van der Waals surface area contributed by atoms with Gasteiger partial charge in [-0.15, -0.1) is 0 Å². The molecular formula is C18H19N3O. The number of nitrogens with zero attached hydrogens (tertiary/aromatic N) is 1. The predicted octanol–water partition coefficient (Wildman–Crippen LogP) is 2.28. The second kappa shape index (κ2) is 5.22. The second-order valence-corrected chi connectivity index (χ2v) is 5.67. The third-order valence-corrected chi connectivity index (χ3v) is 4.08. The number of benzene rings is 2. The van der Waals surface area contributed by atoms with Crippen molar-refractivity contribution in [1.82, 2.24) is 4.90 Å². The van der Waals surface area contributed by atoms with E-state index in [1.807, 2.05) is 48.5 Å². The van der Waals surface area contributed by atoms with E-state index in [4.69, 9.17) is 11.5 Å². The van der Waals surface area contributed by atoms with Crippen LogP contribution < -0.4 is 11.5 Å². The van der Waals surface area contributed by atoms with Crippen molar-refractivity contribution in [3.63, 3.8) is 0 Å². The minimum atomic E-state index is -0.407. The second-order valence-electron chi connectivity index (χ2n) is 5.67. The van der Waals surface area contributed by atoms with Crippen LogP contribution in [-0.4, -0.2) is 24.9 Å². The first-order valence-electron chi connectivity index (χ1n) is 7.17. The minimum Gasteiger partial charge on any atom is -0.398 e. The van der Waals surface area contributed by atoms with Crippen LogP contribution in [0.2, 0.25) is 0 Å². The highest BCUT2D eigenvalue weighted by Crippen LogP contribution is 2.46. The smallest absolute Gasteiger partial charge is 0.234 e. The number of carbonyl (C=O) groups is 1. The summed E-state index contributed by atoms with van der Waals surface area (Å²) in [5.41, 5.74) is 17.2. The molecule has 1 atom stereocenters. The normalized spacial score (nSPS) is 16.5. The van der Waals surface area contributed by atoms with Gasteiger partial charge in [-0.1, -0.05) is 42.5 Å². The van der Waals surface area contributed by atoms with Gasteiger partial charge >= 0.3 is 0 Å². The SMILES string of the molecule is CN(C)C(=O)C1C(c2ccccc2N)=C(N)c2ccccc21. The lowest BCUT2D eigenvalue weighted by Crippen LogP contribution is -2.28. The largest absolute Gasteiger partial charge is 0.398 e. The van der Waals surface area contributed by atoms with E-state index in [1.165, 1.54) is 0 Å². The Balaban J connectivity index is 2.25. The summed E-state index contributed by atoms with van der Waals surface area (Å²) in [4.78, 5) is 14.3. The first kappa shape index (κ1) is 14.2. The van der Waals surface area contributed by atoms with Gasteiger partial charge in [0, 0.05) is 42.2 Å². The molecule has 1 unspecified atom stereocenters. The van der Waals surface area contributed by atoms with Crippen LogP contribution in [0.15, 0.2) is 48.5 Å². The van der Waals surface area contributed by atoms with E-state index in [2.05, 4.69) is 0 Å². The summed E-state index contributed by atoms with van der Waals surface area (Å²) < 4.78 is 0. The Kier molecular flexibility index (Phi) is 3.37. The molecule has 3 rings (SSSR count). The van der Waals surface area contributed by atoms with Crippen molar-refractivity contribution in [2.24, 2.45) is 5.73 Å². The average Bonchev–Trinajstić information content (AvgIpc) is 2.80. The number of amides is 1. The molecule has 1 aliphatic rings. The lowest BCUT2D eigenvalue weighted by molar-refractivity contribution is -0.128. The maximum Gasteiger partial charge on any atom is 0.234 e. The van der Waals surface area contributed by atoms with Crippen molar-refractivity contribution < 1.29 is 4.79 Å². The van der Waals surface area contributed by atoms with Crippen molar-refractivity contribution >= 4 is 22.9 Å². The molecular weight excluding hydrogens is 274 g/mol. The quantitative estimate of drug-likeness (QED) is 0.834. The molecule has 0 aliphatic heterocycles. The topological polar surface area (TPSA) is 72.3 Å². The van der Waals surface area contributed by atoms with Gasteiger partial charge in [0.2, 0.25) is 5.91 Å². The molecule has 112 valence electrons. The lowest BCUT2D eigenvalue weighted by atomic mass is 9.89. The number of rotatable bonds is 2. The number of para-hydroxylation sites is 1. The summed E-state index contributed by atoms with van der Waals surface area (Å²) in [7, 11) is 3.51. The third-order valence-electron chi connectivity index (χ3n) is 4.08. The van der Waals surface area contributed by atoms with E-state index in [-0.39, 0.29) is 5.91 Å². The number of hydrogen-bond donors (Lipinski definition) is 2. The lowest BCUT2D eigenvalue weighted by Gasteiger charge is -2.21. The van der Waals surface area contributed by atoms with Gasteiger partial charge in [0.15, 0.2) is 0 Å². The van der Waals surface area contributed by atoms with E-state index in [0.717, 1.165) is 22.3 Å². The Morgan fingerprint density at radius 1 is 0.955 bits per heavy atom. The molecule has 0 saturated heterocycles. The Labute approximate surface area is 130 Å². The van der Waals surface area contributed by atoms with Crippen LogP contribution in [0.1, 0.15) is 22.6 Å². The van der Waals surface area contributed by atoms with Gasteiger partial charge in [-0.3, -0.25) is 4.79 Å². The number of fused-ring (bicyclic) bond motifs is 1. The number of nitrogen functional groups attached to an aromatic ring is 1. The number of hydrogen-bond acceptors (Lipinski definition) is 3. The zero-order valence-corrected chi connectivity index (χ0v) is 12.7. The number of nitrogens with two attached hydrogens (primary N) is 2. The van der Waals surface area contributed by atoms with E-state index in [0.29, 0.717) is 11.4 Å². The zero-order valence-electron chi connectivity index (χ0n) is 12.7. The molecule has 2 aromatic rings. The predicted molar refractivity (Wildman–Crippen MR) is 89.7 cm³/mol. The molecule has 0 fully saturated rings. The molecule has 4 heteroatoms. The average molecular weight is 293 g/mol. The summed E-state index contributed by atoms with van der Waals surface area (Å²) in [6.07, 6.45) is 0. The molecule has 0 aromatic heterocycles. The van der Waals surface area contributed by atoms with Gasteiger partial charge in [-0.2, -0.15) is 0 Å². The van der Waals surface area contributed by atoms with E-state index >= 15 is 0 Å². The number of carbonyl (C=O) groups excluding carboxylic acids is 1. The fraction of sp³-hybridized carbons (Fsp3) is 0.167. The molecule has 4 nitrogen and oxygen atoms in total. The first-order chi connectivity index (χ1) is 10.5. The van der Waals surface area contributed by atoms with Crippen molar-refractivity contribution in [2.45, 2.75) is 5.92 Å². The Hall–Kier alpha value is -2.75. The summed E-state index contributed by atoms with van der Waals surface area (Å²) >= 11 is 0. The van der Waals surface area contributed by atoms with Crippen molar-refractivity contribution in [3.05, 3.63) is 65.2 Å². The van der Waals surface area contributed by atoms with Crippen LogP contribution in [0.3, 0.4) is 0 Å². The van der Waals surface area contributed by atoms with E-state index in [1.54, 1.807) is 19.0 Å². The summed E-state index contributed by atoms with van der Waals surface area (Å²) in [6.45, 7) is 0. The van der Waals surface area contributed by atoms with Gasteiger partial charge in [-0.05, 0) is 11.6 Å². The van der Waals surface area contributed by atoms with E-state index < -0.39 is 5.92 Å². The van der Waals surface area contributed by atoms with Crippen LogP contribution in [0, 0.1) is 0 Å². The molecule has 4 N–H and O–H groups in total. The van der Waals surface area contributed by atoms with Crippen LogP contribution in [0.25, 0.3) is 11.3 Å². The molecule has 1 amide bonds. The Morgan fingerprint density at radius 3 is 2.18 bits per heavy atom. The summed E-state index contributed by atoms with van der Waals surface area (Å²) in [5, 5.41) is 0. The van der Waals surface area contributed by atoms with Crippen molar-refractivity contribution in [3.8, 4) is 0 Å². The van der Waals surface area contributed by atoms with Crippen LogP contribution in [0.4, 0.5) is 5.69 Å². The summed E-state index contributed by atoms with van der Waals surface area (Å²) in [6, 6.07) is 15.3. The maximum absolute atomic E-state index is 12.7. The van der Waals surface area contributed by atoms with Crippen molar-refractivity contribution in [2.75, 3.05) is 19.8 Å². The molecule has 0 heterocycles. The molecule has 1 aliphatic carbocycles.